The van der Waals surface area contributed by atoms with E-state index in [1.54, 1.807) is 19.1 Å². The van der Waals surface area contributed by atoms with Gasteiger partial charge < -0.3 is 19.9 Å². The predicted octanol–water partition coefficient (Wildman–Crippen LogP) is 2.34. The number of nitrogens with one attached hydrogen (secondary N) is 1. The number of rotatable bonds is 8. The van der Waals surface area contributed by atoms with Crippen LogP contribution in [0.3, 0.4) is 0 Å². The Morgan fingerprint density at radius 3 is 2.79 bits per heavy atom. The van der Waals surface area contributed by atoms with Gasteiger partial charge in [0.25, 0.3) is 0 Å². The zero-order valence-corrected chi connectivity index (χ0v) is 14.0. The van der Waals surface area contributed by atoms with Crippen molar-refractivity contribution in [3.05, 3.63) is 35.6 Å². The molecule has 2 N–H and O–H groups in total. The highest BCUT2D eigenvalue weighted by molar-refractivity contribution is 5.70. The van der Waals surface area contributed by atoms with Gasteiger partial charge in [-0.15, -0.1) is 0 Å². The lowest BCUT2D eigenvalue weighted by atomic mass is 9.92. The van der Waals surface area contributed by atoms with E-state index >= 15 is 0 Å². The quantitative estimate of drug-likeness (QED) is 0.712. The number of aliphatic hydroxyl groups excluding tert-OH is 1. The minimum Gasteiger partial charge on any atom is -0.464 e. The first kappa shape index (κ1) is 18.8. The van der Waals surface area contributed by atoms with Crippen LogP contribution in [0.2, 0.25) is 0 Å². The van der Waals surface area contributed by atoms with Crippen LogP contribution in [-0.4, -0.2) is 43.0 Å². The van der Waals surface area contributed by atoms with Gasteiger partial charge in [-0.3, -0.25) is 0 Å². The second-order valence-corrected chi connectivity index (χ2v) is 6.07. The molecule has 2 rings (SSSR count). The Hall–Kier alpha value is -1.50. The number of ether oxygens (including phenoxy) is 2. The van der Waals surface area contributed by atoms with Crippen LogP contribution in [0.1, 0.15) is 44.3 Å². The molecule has 6 heteroatoms. The van der Waals surface area contributed by atoms with E-state index in [4.69, 9.17) is 9.47 Å². The normalized spacial score (nSPS) is 22.1. The largest absolute Gasteiger partial charge is 0.464 e. The molecule has 1 atom stereocenters. The number of esters is 1. The third-order valence-electron chi connectivity index (χ3n) is 4.25. The Morgan fingerprint density at radius 1 is 1.38 bits per heavy atom. The van der Waals surface area contributed by atoms with Crippen LogP contribution in [0.15, 0.2) is 24.3 Å². The molecule has 24 heavy (non-hydrogen) atoms. The molecule has 1 saturated carbocycles. The molecule has 1 aromatic carbocycles. The number of hydrogen-bond donors (Lipinski definition) is 2. The molecule has 0 heterocycles. The van der Waals surface area contributed by atoms with Gasteiger partial charge in [-0.05, 0) is 50.3 Å². The summed E-state index contributed by atoms with van der Waals surface area (Å²) in [6.45, 7) is 2.54. The standard InChI is InChI=1S/C18H26FNO4/c1-2-23-18(22)12-24-16-8-6-15(7-9-16)20-11-17(21)13-4-3-5-14(19)10-13/h3-5,10,15-17,20-21H,2,6-9,11-12H2,1H3/t15?,16?,17-/m0/s1. The first-order valence-electron chi connectivity index (χ1n) is 8.52. The number of hydrogen-bond acceptors (Lipinski definition) is 5. The number of benzene rings is 1. The monoisotopic (exact) mass is 339 g/mol. The van der Waals surface area contributed by atoms with Crippen molar-refractivity contribution in [1.82, 2.24) is 5.32 Å². The van der Waals surface area contributed by atoms with Crippen molar-refractivity contribution in [3.63, 3.8) is 0 Å². The van der Waals surface area contributed by atoms with Gasteiger partial charge in [-0.2, -0.15) is 0 Å². The van der Waals surface area contributed by atoms with E-state index in [0.717, 1.165) is 25.7 Å². The topological polar surface area (TPSA) is 67.8 Å². The molecule has 0 saturated heterocycles. The molecule has 1 aromatic rings. The molecule has 1 fully saturated rings. The Kier molecular flexibility index (Phi) is 7.62. The first-order valence-corrected chi connectivity index (χ1v) is 8.52. The van der Waals surface area contributed by atoms with Crippen LogP contribution in [0, 0.1) is 5.82 Å². The highest BCUT2D eigenvalue weighted by Gasteiger charge is 2.23. The van der Waals surface area contributed by atoms with Gasteiger partial charge in [0.05, 0.1) is 18.8 Å². The van der Waals surface area contributed by atoms with Crippen molar-refractivity contribution in [3.8, 4) is 0 Å². The molecular weight excluding hydrogens is 313 g/mol. The van der Waals surface area contributed by atoms with Crippen molar-refractivity contribution in [1.29, 1.82) is 0 Å². The number of carbonyl (C=O) groups excluding carboxylic acids is 1. The SMILES string of the molecule is CCOC(=O)COC1CCC(NC[C@H](O)c2cccc(F)c2)CC1. The van der Waals surface area contributed by atoms with Crippen LogP contribution in [0.5, 0.6) is 0 Å². The highest BCUT2D eigenvalue weighted by Crippen LogP contribution is 2.22. The third kappa shape index (κ3) is 6.19. The van der Waals surface area contributed by atoms with E-state index in [1.165, 1.54) is 12.1 Å². The minimum absolute atomic E-state index is 0.00882. The van der Waals surface area contributed by atoms with Gasteiger partial charge in [0, 0.05) is 12.6 Å². The second kappa shape index (κ2) is 9.71. The van der Waals surface area contributed by atoms with Gasteiger partial charge >= 0.3 is 5.97 Å². The summed E-state index contributed by atoms with van der Waals surface area (Å²) in [6, 6.07) is 6.33. The highest BCUT2D eigenvalue weighted by atomic mass is 19.1. The molecule has 0 unspecified atom stereocenters. The van der Waals surface area contributed by atoms with Crippen LogP contribution in [-0.2, 0) is 14.3 Å². The summed E-state index contributed by atoms with van der Waals surface area (Å²) in [5, 5.41) is 13.4. The Labute approximate surface area is 142 Å². The Bertz CT molecular complexity index is 517. The van der Waals surface area contributed by atoms with Crippen molar-refractivity contribution in [2.24, 2.45) is 0 Å². The van der Waals surface area contributed by atoms with Crippen LogP contribution < -0.4 is 5.32 Å². The minimum atomic E-state index is -0.724. The van der Waals surface area contributed by atoms with E-state index in [2.05, 4.69) is 5.32 Å². The lowest BCUT2D eigenvalue weighted by Crippen LogP contribution is -2.38. The molecule has 1 aliphatic carbocycles. The number of carbonyl (C=O) groups is 1. The lowest BCUT2D eigenvalue weighted by molar-refractivity contribution is -0.151. The summed E-state index contributed by atoms with van der Waals surface area (Å²) >= 11 is 0. The first-order chi connectivity index (χ1) is 11.6. The fourth-order valence-electron chi connectivity index (χ4n) is 2.93. The van der Waals surface area contributed by atoms with E-state index < -0.39 is 6.10 Å². The lowest BCUT2D eigenvalue weighted by Gasteiger charge is -2.29. The Morgan fingerprint density at radius 2 is 2.12 bits per heavy atom. The zero-order valence-electron chi connectivity index (χ0n) is 14.0. The summed E-state index contributed by atoms with van der Waals surface area (Å²) in [6.07, 6.45) is 2.94. The second-order valence-electron chi connectivity index (χ2n) is 6.07. The van der Waals surface area contributed by atoms with Crippen LogP contribution in [0.4, 0.5) is 4.39 Å². The molecular formula is C18H26FNO4. The molecule has 134 valence electrons. The summed E-state index contributed by atoms with van der Waals surface area (Å²) in [5.41, 5.74) is 0.578. The van der Waals surface area contributed by atoms with Crippen molar-refractivity contribution >= 4 is 5.97 Å². The van der Waals surface area contributed by atoms with Gasteiger partial charge in [-0.1, -0.05) is 12.1 Å². The number of aliphatic hydroxyl groups is 1. The smallest absolute Gasteiger partial charge is 0.332 e. The average Bonchev–Trinajstić information content (AvgIpc) is 2.59. The average molecular weight is 339 g/mol. The van der Waals surface area contributed by atoms with Gasteiger partial charge in [0.15, 0.2) is 0 Å². The molecule has 0 amide bonds. The fraction of sp³-hybridized carbons (Fsp3) is 0.611. The van der Waals surface area contributed by atoms with Crippen molar-refractivity contribution in [2.45, 2.75) is 50.9 Å². The maximum absolute atomic E-state index is 13.2. The van der Waals surface area contributed by atoms with Crippen LogP contribution in [0.25, 0.3) is 0 Å². The van der Waals surface area contributed by atoms with Crippen molar-refractivity contribution < 1.29 is 23.8 Å². The molecule has 0 aromatic heterocycles. The summed E-state index contributed by atoms with van der Waals surface area (Å²) in [7, 11) is 0. The zero-order chi connectivity index (χ0) is 17.4. The maximum atomic E-state index is 13.2. The van der Waals surface area contributed by atoms with Gasteiger partial charge in [0.2, 0.25) is 0 Å². The Balaban J connectivity index is 1.65. The summed E-state index contributed by atoms with van der Waals surface area (Å²) in [4.78, 5) is 11.3. The molecule has 0 bridgehead atoms. The van der Waals surface area contributed by atoms with E-state index in [9.17, 15) is 14.3 Å². The molecule has 0 radical (unpaired) electrons. The number of halogens is 1. The van der Waals surface area contributed by atoms with Crippen molar-refractivity contribution in [2.75, 3.05) is 19.8 Å². The third-order valence-corrected chi connectivity index (χ3v) is 4.25. The van der Waals surface area contributed by atoms with Crippen LogP contribution >= 0.6 is 0 Å². The molecule has 1 aliphatic rings. The summed E-state index contributed by atoms with van der Waals surface area (Å²) < 4.78 is 23.6. The van der Waals surface area contributed by atoms with E-state index in [1.807, 2.05) is 0 Å². The molecule has 0 spiro atoms. The van der Waals surface area contributed by atoms with E-state index in [-0.39, 0.29) is 24.5 Å². The molecule has 5 nitrogen and oxygen atoms in total. The fourth-order valence-corrected chi connectivity index (χ4v) is 2.93. The van der Waals surface area contributed by atoms with Gasteiger partial charge in [-0.25, -0.2) is 9.18 Å². The predicted molar refractivity (Wildman–Crippen MR) is 88.0 cm³/mol. The maximum Gasteiger partial charge on any atom is 0.332 e. The van der Waals surface area contributed by atoms with E-state index in [0.29, 0.717) is 24.8 Å². The molecule has 0 aliphatic heterocycles. The summed E-state index contributed by atoms with van der Waals surface area (Å²) in [5.74, 6) is -0.665. The van der Waals surface area contributed by atoms with Gasteiger partial charge in [0.1, 0.15) is 12.4 Å².